The number of aryl methyl sites for hydroxylation is 1. The molecule has 2 bridgehead atoms. The Morgan fingerprint density at radius 2 is 1.61 bits per heavy atom. The number of phenols is 1. The number of benzene rings is 2. The van der Waals surface area contributed by atoms with Gasteiger partial charge >= 0.3 is 0 Å². The minimum atomic E-state index is -0.846. The van der Waals surface area contributed by atoms with Gasteiger partial charge < -0.3 is 65.5 Å². The number of fused-ring (bicyclic) bond motifs is 2. The molecule has 1 saturated carbocycles. The van der Waals surface area contributed by atoms with Crippen molar-refractivity contribution in [3.8, 4) is 33.3 Å². The summed E-state index contributed by atoms with van der Waals surface area (Å²) in [7, 11) is 0. The minimum absolute atomic E-state index is 0.0588. The van der Waals surface area contributed by atoms with E-state index in [1.54, 1.807) is 23.5 Å². The van der Waals surface area contributed by atoms with Crippen LogP contribution < -0.4 is 36.2 Å². The van der Waals surface area contributed by atoms with Crippen LogP contribution in [0.4, 0.5) is 28.7 Å². The summed E-state index contributed by atoms with van der Waals surface area (Å²) in [5, 5.41) is 37.4. The molecule has 82 heavy (non-hydrogen) atoms. The number of hydrogen-bond acceptors (Lipinski definition) is 19. The number of likely N-dealkylation sites (tertiary alicyclic amines) is 2. The molecule has 0 radical (unpaired) electrons. The number of nitrogens with zero attached hydrogens (tertiary/aromatic N) is 10. The predicted molar refractivity (Wildman–Crippen MR) is 316 cm³/mol. The molecule has 5 saturated heterocycles. The number of aliphatic hydroxyl groups excluding tert-OH is 1. The van der Waals surface area contributed by atoms with Gasteiger partial charge in [-0.25, -0.2) is 9.97 Å². The van der Waals surface area contributed by atoms with Crippen LogP contribution in [0, 0.1) is 18.8 Å². The van der Waals surface area contributed by atoms with E-state index in [1.165, 1.54) is 4.90 Å². The van der Waals surface area contributed by atoms with Crippen molar-refractivity contribution in [2.75, 3.05) is 78.5 Å². The van der Waals surface area contributed by atoms with Crippen molar-refractivity contribution in [3.05, 3.63) is 95.5 Å². The van der Waals surface area contributed by atoms with E-state index < -0.39 is 24.1 Å². The van der Waals surface area contributed by atoms with E-state index >= 15 is 0 Å². The summed E-state index contributed by atoms with van der Waals surface area (Å²) in [6.45, 7) is 14.3. The SMILES string of the molecule is Cc1ncsc1-c1ccc([C@H](C)NC(=O)[C@@H]2C[C@@H](O)CN2C(=O)[C@@H](c2cc(N3CCC(CN4CCC(OC5CC(Oc6cc(N7C8CC[C@@H]7CN(c7cc(-c9ccccc9O)nnc7N)C8)ccn6)C5)CC4)CC3)no2)C(C)C)c(N)c1. The van der Waals surface area contributed by atoms with Crippen molar-refractivity contribution in [1.29, 1.82) is 0 Å². The first-order chi connectivity index (χ1) is 39.7. The zero-order valence-electron chi connectivity index (χ0n) is 47.3. The molecule has 2 aromatic carbocycles. The maximum absolute atomic E-state index is 14.4. The van der Waals surface area contributed by atoms with E-state index in [0.717, 1.165) is 136 Å². The number of nitrogen functional groups attached to an aromatic ring is 2. The van der Waals surface area contributed by atoms with E-state index in [9.17, 15) is 19.8 Å². The second-order valence-electron chi connectivity index (χ2n) is 24.0. The quantitative estimate of drug-likeness (QED) is 0.0552. The van der Waals surface area contributed by atoms with E-state index in [-0.39, 0.29) is 54.8 Å². The first-order valence-corrected chi connectivity index (χ1v) is 30.3. The average Bonchev–Trinajstić information content (AvgIpc) is 3.95. The van der Waals surface area contributed by atoms with Crippen LogP contribution in [0.1, 0.15) is 108 Å². The molecule has 6 aliphatic rings. The third-order valence-corrected chi connectivity index (χ3v) is 19.1. The van der Waals surface area contributed by atoms with Crippen LogP contribution in [0.25, 0.3) is 21.7 Å². The number of piperazine rings is 1. The largest absolute Gasteiger partial charge is 0.507 e. The molecule has 1 unspecified atom stereocenters. The lowest BCUT2D eigenvalue weighted by atomic mass is 9.91. The van der Waals surface area contributed by atoms with Gasteiger partial charge in [0.05, 0.1) is 51.8 Å². The maximum atomic E-state index is 14.4. The Labute approximate surface area is 483 Å². The number of aromatic nitrogens is 5. The number of carbonyl (C=O) groups excluding carboxylic acids is 2. The number of anilines is 5. The number of nitrogens with one attached hydrogen (secondary N) is 1. The third kappa shape index (κ3) is 11.7. The van der Waals surface area contributed by atoms with E-state index in [0.29, 0.717) is 52.4 Å². The number of β-amino-alcohol motifs (C(OH)–C–C–N with tert-alkyl or cyclic N) is 1. The van der Waals surface area contributed by atoms with Gasteiger partial charge in [0, 0.05) is 119 Å². The summed E-state index contributed by atoms with van der Waals surface area (Å²) in [5.41, 5.74) is 21.2. The highest BCUT2D eigenvalue weighted by atomic mass is 32.1. The molecule has 6 fully saturated rings. The molecule has 5 aliphatic heterocycles. The predicted octanol–water partition coefficient (Wildman–Crippen LogP) is 7.57. The highest BCUT2D eigenvalue weighted by Crippen LogP contribution is 2.41. The highest BCUT2D eigenvalue weighted by Gasteiger charge is 2.45. The molecule has 9 heterocycles. The van der Waals surface area contributed by atoms with Gasteiger partial charge in [-0.15, -0.1) is 21.5 Å². The Morgan fingerprint density at radius 1 is 0.841 bits per heavy atom. The fraction of sp³-hybridized carbons (Fsp3) is 0.525. The molecular formula is C61H77N13O7S. The molecule has 12 rings (SSSR count). The number of nitrogens with two attached hydrogens (primary N) is 2. The maximum Gasteiger partial charge on any atom is 0.243 e. The van der Waals surface area contributed by atoms with Crippen LogP contribution in [-0.4, -0.2) is 152 Å². The minimum Gasteiger partial charge on any atom is -0.507 e. The zero-order valence-corrected chi connectivity index (χ0v) is 48.2. The number of rotatable bonds is 17. The molecule has 7 N–H and O–H groups in total. The van der Waals surface area contributed by atoms with Crippen molar-refractivity contribution in [2.24, 2.45) is 11.8 Å². The van der Waals surface area contributed by atoms with Gasteiger partial charge in [-0.1, -0.05) is 43.3 Å². The van der Waals surface area contributed by atoms with Gasteiger partial charge in [0.15, 0.2) is 17.4 Å². The van der Waals surface area contributed by atoms with Crippen molar-refractivity contribution in [1.82, 2.24) is 40.4 Å². The van der Waals surface area contributed by atoms with E-state index in [4.69, 9.17) is 25.5 Å². The number of phenolic OH excluding ortho intramolecular Hbond substituents is 1. The first kappa shape index (κ1) is 55.5. The second-order valence-corrected chi connectivity index (χ2v) is 24.9. The lowest BCUT2D eigenvalue weighted by molar-refractivity contribution is -0.141. The van der Waals surface area contributed by atoms with Gasteiger partial charge in [-0.05, 0) is 106 Å². The summed E-state index contributed by atoms with van der Waals surface area (Å²) < 4.78 is 19.1. The topological polar surface area (TPSA) is 251 Å². The number of carbonyl (C=O) groups is 2. The van der Waals surface area contributed by atoms with Crippen molar-refractivity contribution >= 4 is 51.8 Å². The molecular weight excluding hydrogens is 1060 g/mol. The number of piperidine rings is 2. The highest BCUT2D eigenvalue weighted by molar-refractivity contribution is 7.13. The lowest BCUT2D eigenvalue weighted by Gasteiger charge is -2.43. The molecule has 21 heteroatoms. The van der Waals surface area contributed by atoms with Crippen molar-refractivity contribution < 1.29 is 33.8 Å². The lowest BCUT2D eigenvalue weighted by Crippen LogP contribution is -2.54. The Balaban J connectivity index is 0.567. The molecule has 6 aromatic rings. The van der Waals surface area contributed by atoms with Gasteiger partial charge in [-0.2, -0.15) is 0 Å². The van der Waals surface area contributed by atoms with Crippen LogP contribution in [0.15, 0.2) is 83.0 Å². The number of amides is 2. The van der Waals surface area contributed by atoms with Crippen LogP contribution in [0.5, 0.6) is 11.6 Å². The molecule has 434 valence electrons. The Hall–Kier alpha value is -7.07. The summed E-state index contributed by atoms with van der Waals surface area (Å²) in [6, 6.07) is 20.3. The van der Waals surface area contributed by atoms with Crippen LogP contribution in [0.3, 0.4) is 0 Å². The Kier molecular flexibility index (Phi) is 16.0. The third-order valence-electron chi connectivity index (χ3n) is 18.1. The number of ether oxygens (including phenoxy) is 2. The van der Waals surface area contributed by atoms with Crippen LogP contribution in [0.2, 0.25) is 0 Å². The number of hydrogen-bond donors (Lipinski definition) is 5. The molecule has 0 spiro atoms. The Bertz CT molecular complexity index is 3210. The number of aromatic hydroxyl groups is 1. The summed E-state index contributed by atoms with van der Waals surface area (Å²) in [4.78, 5) is 49.6. The number of pyridine rings is 1. The summed E-state index contributed by atoms with van der Waals surface area (Å²) in [6.07, 6.45) is 9.73. The molecule has 6 atom stereocenters. The second kappa shape index (κ2) is 23.7. The first-order valence-electron chi connectivity index (χ1n) is 29.4. The van der Waals surface area contributed by atoms with Crippen LogP contribution >= 0.6 is 11.3 Å². The smallest absolute Gasteiger partial charge is 0.243 e. The number of thiazole rings is 1. The molecule has 20 nitrogen and oxygen atoms in total. The standard InChI is InChI=1S/C61H77N13O7S/c1-35(2)57(61(78)73-33-43(75)25-52(73)60(77)66-36(3)47-12-9-39(23-49(47)62)58-37(4)65-34-82-58)54-29-55(69-81-54)71-21-14-38(15-22-71)30-70-19-16-44(17-20-70)79-45-26-46(27-45)80-56-24-40(13-18-64-56)74-41-10-11-42(74)32-72(31-41)51-28-50(67-68-59(51)63)48-7-5-6-8-53(48)76/h5-9,12-13,18,23-24,28-29,34-36,38,41-46,52,57,75-76H,10-11,14-17,19-22,25-27,30-33,62H2,1-4H3,(H2,63,68)(H,66,77)/t36-,41+,42?,43+,45?,46?,52-,57+/m0/s1. The summed E-state index contributed by atoms with van der Waals surface area (Å²) >= 11 is 1.55. The number of para-hydroxylation sites is 1. The molecule has 4 aromatic heterocycles. The zero-order chi connectivity index (χ0) is 56.8. The Morgan fingerprint density at radius 3 is 2.33 bits per heavy atom. The van der Waals surface area contributed by atoms with Gasteiger partial charge in [-0.3, -0.25) is 9.59 Å². The fourth-order valence-corrected chi connectivity index (χ4v) is 14.4. The van der Waals surface area contributed by atoms with Gasteiger partial charge in [0.2, 0.25) is 17.7 Å². The van der Waals surface area contributed by atoms with Gasteiger partial charge in [0.1, 0.15) is 23.8 Å². The van der Waals surface area contributed by atoms with E-state index in [1.807, 2.05) is 81.9 Å². The van der Waals surface area contributed by atoms with Crippen molar-refractivity contribution in [3.63, 3.8) is 0 Å². The monoisotopic (exact) mass is 1140 g/mol. The normalized spacial score (nSPS) is 24.2. The molecule has 2 amide bonds. The van der Waals surface area contributed by atoms with Crippen molar-refractivity contribution in [2.45, 2.75) is 140 Å². The number of aliphatic hydroxyl groups is 1. The summed E-state index contributed by atoms with van der Waals surface area (Å²) in [5.74, 6) is 1.56. The fourth-order valence-electron chi connectivity index (χ4n) is 13.6. The van der Waals surface area contributed by atoms with Gasteiger partial charge in [0.25, 0.3) is 0 Å². The van der Waals surface area contributed by atoms with Crippen LogP contribution in [-0.2, 0) is 14.3 Å². The average molecular weight is 1140 g/mol. The van der Waals surface area contributed by atoms with E-state index in [2.05, 4.69) is 62.4 Å². The molecule has 1 aliphatic carbocycles.